The lowest BCUT2D eigenvalue weighted by Gasteiger charge is -1.90. The normalized spacial score (nSPS) is 10.1. The van der Waals surface area contributed by atoms with Gasteiger partial charge >= 0.3 is 0 Å². The van der Waals surface area contributed by atoms with E-state index in [0.717, 1.165) is 0 Å². The summed E-state index contributed by atoms with van der Waals surface area (Å²) in [5.41, 5.74) is 1.37. The van der Waals surface area contributed by atoms with Crippen molar-refractivity contribution >= 4 is 17.6 Å². The first-order valence-corrected chi connectivity index (χ1v) is 4.75. The van der Waals surface area contributed by atoms with Gasteiger partial charge in [-0.25, -0.2) is 4.98 Å². The van der Waals surface area contributed by atoms with Crippen LogP contribution in [0.2, 0.25) is 0 Å². The van der Waals surface area contributed by atoms with Crippen LogP contribution in [0.25, 0.3) is 10.7 Å². The van der Waals surface area contributed by atoms with Crippen molar-refractivity contribution in [2.75, 3.05) is 0 Å². The molecule has 0 aromatic carbocycles. The molecule has 0 fully saturated rings. The van der Waals surface area contributed by atoms with Gasteiger partial charge in [0.05, 0.1) is 11.9 Å². The molecule has 4 nitrogen and oxygen atoms in total. The van der Waals surface area contributed by atoms with Crippen molar-refractivity contribution in [3.05, 3.63) is 29.2 Å². The second-order valence-electron chi connectivity index (χ2n) is 2.63. The fraction of sp³-hybridized carbons (Fsp3) is 0.111. The molecule has 0 saturated carbocycles. The minimum Gasteiger partial charge on any atom is -0.284 e. The van der Waals surface area contributed by atoms with E-state index in [0.29, 0.717) is 21.3 Å². The summed E-state index contributed by atoms with van der Waals surface area (Å²) in [4.78, 5) is 23.2. The average molecular weight is 204 g/mol. The summed E-state index contributed by atoms with van der Waals surface area (Å²) < 4.78 is 0. The Morgan fingerprint density at radius 1 is 1.43 bits per heavy atom. The molecule has 5 heteroatoms. The lowest BCUT2D eigenvalue weighted by Crippen LogP contribution is -1.83. The van der Waals surface area contributed by atoms with Crippen LogP contribution >= 0.6 is 11.3 Å². The summed E-state index contributed by atoms with van der Waals surface area (Å²) in [6.45, 7) is 1.77. The van der Waals surface area contributed by atoms with E-state index in [1.165, 1.54) is 11.3 Å². The minimum absolute atomic E-state index is 0.519. The molecule has 0 amide bonds. The maximum absolute atomic E-state index is 10.5. The van der Waals surface area contributed by atoms with Gasteiger partial charge in [-0.3, -0.25) is 14.8 Å². The topological polar surface area (TPSA) is 55.7 Å². The largest absolute Gasteiger partial charge is 0.284 e. The first-order valence-electron chi connectivity index (χ1n) is 3.93. The van der Waals surface area contributed by atoms with E-state index in [-0.39, 0.29) is 0 Å². The first-order chi connectivity index (χ1) is 6.81. The molecule has 2 aromatic heterocycles. The number of carbonyl (C=O) groups excluding carboxylic acids is 1. The summed E-state index contributed by atoms with van der Waals surface area (Å²) >= 11 is 1.28. The van der Waals surface area contributed by atoms with Crippen molar-refractivity contribution in [2.24, 2.45) is 0 Å². The van der Waals surface area contributed by atoms with Crippen LogP contribution in [0.3, 0.4) is 0 Å². The van der Waals surface area contributed by atoms with Gasteiger partial charge < -0.3 is 0 Å². The molecule has 14 heavy (non-hydrogen) atoms. The Hall–Kier alpha value is -1.62. The summed E-state index contributed by atoms with van der Waals surface area (Å²) in [5, 5.41) is 0.703. The molecule has 0 aliphatic carbocycles. The molecule has 1 radical (unpaired) electrons. The van der Waals surface area contributed by atoms with Gasteiger partial charge in [-0.1, -0.05) is 0 Å². The predicted octanol–water partition coefficient (Wildman–Crippen LogP) is 1.37. The van der Waals surface area contributed by atoms with Gasteiger partial charge in [-0.2, -0.15) is 0 Å². The van der Waals surface area contributed by atoms with E-state index in [1.807, 2.05) is 6.29 Å². The molecule has 0 aliphatic rings. The zero-order valence-corrected chi connectivity index (χ0v) is 8.21. The standard InChI is InChI=1S/C9H6N3OS/c1-6-8(5-13)14-9(12-6)7-4-10-2-3-11-7/h2-4H,1H3. The maximum atomic E-state index is 10.5. The molecule has 0 N–H and O–H groups in total. The lowest BCUT2D eigenvalue weighted by atomic mass is 10.4. The first kappa shape index (κ1) is 8.96. The molecule has 0 saturated heterocycles. The van der Waals surface area contributed by atoms with Gasteiger partial charge in [0, 0.05) is 12.4 Å². The van der Waals surface area contributed by atoms with Crippen molar-refractivity contribution < 1.29 is 4.79 Å². The van der Waals surface area contributed by atoms with Gasteiger partial charge in [0.15, 0.2) is 0 Å². The van der Waals surface area contributed by atoms with E-state index in [9.17, 15) is 4.79 Å². The number of aryl methyl sites for hydroxylation is 1. The molecule has 0 bridgehead atoms. The van der Waals surface area contributed by atoms with Crippen LogP contribution in [0.5, 0.6) is 0 Å². The third kappa shape index (κ3) is 1.54. The highest BCUT2D eigenvalue weighted by molar-refractivity contribution is 7.16. The van der Waals surface area contributed by atoms with E-state index >= 15 is 0 Å². The van der Waals surface area contributed by atoms with Gasteiger partial charge in [0.2, 0.25) is 6.29 Å². The SMILES string of the molecule is Cc1nc(-c2cnccn2)sc1[C]=O. The van der Waals surface area contributed by atoms with Gasteiger partial charge in [-0.05, 0) is 6.92 Å². The van der Waals surface area contributed by atoms with Crippen LogP contribution in [-0.4, -0.2) is 21.2 Å². The zero-order valence-electron chi connectivity index (χ0n) is 7.39. The summed E-state index contributed by atoms with van der Waals surface area (Å²) in [7, 11) is 0. The third-order valence-electron chi connectivity index (χ3n) is 1.67. The molecule has 0 spiro atoms. The summed E-state index contributed by atoms with van der Waals surface area (Å²) in [6.07, 6.45) is 6.65. The van der Waals surface area contributed by atoms with Crippen LogP contribution in [0.15, 0.2) is 18.6 Å². The van der Waals surface area contributed by atoms with E-state index in [2.05, 4.69) is 15.0 Å². The zero-order chi connectivity index (χ0) is 9.97. The van der Waals surface area contributed by atoms with Gasteiger partial charge in [0.25, 0.3) is 0 Å². The average Bonchev–Trinajstić information content (AvgIpc) is 2.61. The quantitative estimate of drug-likeness (QED) is 0.741. The Morgan fingerprint density at radius 3 is 2.86 bits per heavy atom. The second-order valence-corrected chi connectivity index (χ2v) is 3.63. The highest BCUT2D eigenvalue weighted by Crippen LogP contribution is 2.24. The minimum atomic E-state index is 0.519. The number of hydrogen-bond acceptors (Lipinski definition) is 5. The molecule has 0 aliphatic heterocycles. The smallest absolute Gasteiger partial charge is 0.246 e. The van der Waals surface area contributed by atoms with Crippen LogP contribution in [0, 0.1) is 6.92 Å². The highest BCUT2D eigenvalue weighted by Gasteiger charge is 2.09. The van der Waals surface area contributed by atoms with Crippen LogP contribution in [-0.2, 0) is 4.79 Å². The molecule has 69 valence electrons. The number of rotatable bonds is 2. The summed E-state index contributed by atoms with van der Waals surface area (Å²) in [5.74, 6) is 0. The van der Waals surface area contributed by atoms with Crippen LogP contribution in [0.1, 0.15) is 10.6 Å². The van der Waals surface area contributed by atoms with E-state index in [1.54, 1.807) is 25.5 Å². The number of hydrogen-bond donors (Lipinski definition) is 0. The third-order valence-corrected chi connectivity index (χ3v) is 2.75. The second kappa shape index (κ2) is 3.63. The molecular weight excluding hydrogens is 198 g/mol. The Labute approximate surface area is 84.7 Å². The molecule has 0 unspecified atom stereocenters. The molecule has 2 rings (SSSR count). The predicted molar refractivity (Wildman–Crippen MR) is 52.7 cm³/mol. The molecule has 2 aromatic rings. The highest BCUT2D eigenvalue weighted by atomic mass is 32.1. The summed E-state index contributed by atoms with van der Waals surface area (Å²) in [6, 6.07) is 0. The van der Waals surface area contributed by atoms with Crippen molar-refractivity contribution in [3.63, 3.8) is 0 Å². The van der Waals surface area contributed by atoms with E-state index in [4.69, 9.17) is 0 Å². The lowest BCUT2D eigenvalue weighted by molar-refractivity contribution is 0.563. The number of aromatic nitrogens is 3. The molecule has 2 heterocycles. The van der Waals surface area contributed by atoms with Crippen LogP contribution in [0.4, 0.5) is 0 Å². The van der Waals surface area contributed by atoms with Crippen molar-refractivity contribution in [1.82, 2.24) is 15.0 Å². The Kier molecular flexibility index (Phi) is 2.32. The van der Waals surface area contributed by atoms with Crippen molar-refractivity contribution in [2.45, 2.75) is 6.92 Å². The van der Waals surface area contributed by atoms with Crippen molar-refractivity contribution in [1.29, 1.82) is 0 Å². The Morgan fingerprint density at radius 2 is 2.29 bits per heavy atom. The Bertz CT molecular complexity index is 452. The van der Waals surface area contributed by atoms with Crippen molar-refractivity contribution in [3.8, 4) is 10.7 Å². The number of thiazole rings is 1. The van der Waals surface area contributed by atoms with E-state index < -0.39 is 0 Å². The molecule has 0 atom stereocenters. The number of nitrogens with zero attached hydrogens (tertiary/aromatic N) is 3. The fourth-order valence-electron chi connectivity index (χ4n) is 1.01. The van der Waals surface area contributed by atoms with Gasteiger partial charge in [-0.15, -0.1) is 11.3 Å². The van der Waals surface area contributed by atoms with Gasteiger partial charge in [0.1, 0.15) is 15.6 Å². The van der Waals surface area contributed by atoms with Crippen LogP contribution < -0.4 is 0 Å². The monoisotopic (exact) mass is 204 g/mol. The molecular formula is C9H6N3OS. The maximum Gasteiger partial charge on any atom is 0.246 e. The Balaban J connectivity index is 2.48. The fourth-order valence-corrected chi connectivity index (χ4v) is 1.83.